The Morgan fingerprint density at radius 1 is 1.14 bits per heavy atom. The van der Waals surface area contributed by atoms with Crippen LogP contribution in [-0.4, -0.2) is 43.9 Å². The SMILES string of the molecule is CCOC(=O)[C@H](Cc1ccc(-n2c(-c3cccnc3)nc3cccnc32)cc1)NC1=C(Br)C(=O)C1(C)C. The summed E-state index contributed by atoms with van der Waals surface area (Å²) in [5.41, 5.74) is 4.28. The van der Waals surface area contributed by atoms with Crippen LogP contribution in [0.2, 0.25) is 0 Å². The number of ketones is 1. The molecular formula is C28H26BrN5O3. The average molecular weight is 560 g/mol. The van der Waals surface area contributed by atoms with Gasteiger partial charge in [-0.25, -0.2) is 14.8 Å². The lowest BCUT2D eigenvalue weighted by Crippen LogP contribution is -2.50. The number of ether oxygens (including phenoxy) is 1. The number of pyridine rings is 2. The number of carbonyl (C=O) groups is 2. The molecule has 9 heteroatoms. The van der Waals surface area contributed by atoms with Gasteiger partial charge in [0.05, 0.1) is 16.5 Å². The first kappa shape index (κ1) is 24.8. The largest absolute Gasteiger partial charge is 0.464 e. The normalized spacial score (nSPS) is 15.4. The van der Waals surface area contributed by atoms with Crippen molar-refractivity contribution in [3.8, 4) is 17.1 Å². The van der Waals surface area contributed by atoms with Crippen molar-refractivity contribution in [2.75, 3.05) is 6.61 Å². The standard InChI is InChI=1S/C28H26BrN5O3/c1-4-37-27(36)21(32-23-22(29)24(35)28(23,2)3)15-17-9-11-19(12-10-17)34-25(18-7-5-13-30-16-18)33-20-8-6-14-31-26(20)34/h5-14,16,21,32H,4,15H2,1-3H3/t21-/m0/s1. The molecule has 0 amide bonds. The van der Waals surface area contributed by atoms with Gasteiger partial charge in [0.2, 0.25) is 0 Å². The van der Waals surface area contributed by atoms with Crippen LogP contribution in [0.15, 0.2) is 77.3 Å². The van der Waals surface area contributed by atoms with E-state index < -0.39 is 11.5 Å². The zero-order valence-electron chi connectivity index (χ0n) is 20.7. The van der Waals surface area contributed by atoms with Crippen molar-refractivity contribution in [3.05, 3.63) is 82.9 Å². The number of nitrogens with one attached hydrogen (secondary N) is 1. The molecule has 0 unspecified atom stereocenters. The van der Waals surface area contributed by atoms with Gasteiger partial charge in [-0.1, -0.05) is 12.1 Å². The Morgan fingerprint density at radius 3 is 2.57 bits per heavy atom. The lowest BCUT2D eigenvalue weighted by atomic mass is 9.74. The number of aromatic nitrogens is 4. The molecule has 5 rings (SSSR count). The summed E-state index contributed by atoms with van der Waals surface area (Å²) in [4.78, 5) is 38.6. The molecule has 0 bridgehead atoms. The Bertz CT molecular complexity index is 1510. The molecule has 4 aromatic rings. The molecule has 0 spiro atoms. The second-order valence-electron chi connectivity index (χ2n) is 9.32. The third-order valence-corrected chi connectivity index (χ3v) is 7.23. The number of hydrogen-bond acceptors (Lipinski definition) is 7. The van der Waals surface area contributed by atoms with Crippen LogP contribution in [0, 0.1) is 5.41 Å². The van der Waals surface area contributed by atoms with Crippen LogP contribution in [-0.2, 0) is 20.7 Å². The van der Waals surface area contributed by atoms with Gasteiger partial charge >= 0.3 is 5.97 Å². The average Bonchev–Trinajstić information content (AvgIpc) is 3.31. The lowest BCUT2D eigenvalue weighted by molar-refractivity contribution is -0.145. The summed E-state index contributed by atoms with van der Waals surface area (Å²) in [5, 5.41) is 3.26. The predicted molar refractivity (Wildman–Crippen MR) is 144 cm³/mol. The molecule has 1 aliphatic rings. The molecule has 1 N–H and O–H groups in total. The van der Waals surface area contributed by atoms with E-state index in [0.717, 1.165) is 33.8 Å². The van der Waals surface area contributed by atoms with Gasteiger partial charge in [-0.05, 0) is 78.7 Å². The van der Waals surface area contributed by atoms with E-state index >= 15 is 0 Å². The van der Waals surface area contributed by atoms with Crippen molar-refractivity contribution in [2.24, 2.45) is 5.41 Å². The topological polar surface area (TPSA) is 99.0 Å². The van der Waals surface area contributed by atoms with E-state index in [9.17, 15) is 9.59 Å². The van der Waals surface area contributed by atoms with Crippen molar-refractivity contribution >= 4 is 38.8 Å². The van der Waals surface area contributed by atoms with E-state index in [1.807, 2.05) is 66.9 Å². The van der Waals surface area contributed by atoms with Crippen LogP contribution in [0.3, 0.4) is 0 Å². The fourth-order valence-electron chi connectivity index (χ4n) is 4.43. The van der Waals surface area contributed by atoms with E-state index in [2.05, 4.69) is 31.2 Å². The number of esters is 1. The molecule has 8 nitrogen and oxygen atoms in total. The van der Waals surface area contributed by atoms with Gasteiger partial charge in [0.25, 0.3) is 0 Å². The predicted octanol–water partition coefficient (Wildman–Crippen LogP) is 4.76. The van der Waals surface area contributed by atoms with Crippen LogP contribution in [0.25, 0.3) is 28.2 Å². The van der Waals surface area contributed by atoms with Gasteiger partial charge in [-0.15, -0.1) is 0 Å². The Morgan fingerprint density at radius 2 is 1.89 bits per heavy atom. The number of imidazole rings is 1. The maximum atomic E-state index is 12.8. The minimum Gasteiger partial charge on any atom is -0.464 e. The molecule has 3 heterocycles. The van der Waals surface area contributed by atoms with Gasteiger partial charge in [0.1, 0.15) is 17.4 Å². The first-order valence-corrected chi connectivity index (χ1v) is 12.8. The number of allylic oxidation sites excluding steroid dienone is 2. The van der Waals surface area contributed by atoms with Crippen molar-refractivity contribution in [1.82, 2.24) is 24.8 Å². The van der Waals surface area contributed by atoms with E-state index in [1.165, 1.54) is 0 Å². The summed E-state index contributed by atoms with van der Waals surface area (Å²) in [6, 6.07) is 14.9. The summed E-state index contributed by atoms with van der Waals surface area (Å²) in [6.07, 6.45) is 5.65. The molecule has 1 aromatic carbocycles. The Balaban J connectivity index is 1.46. The second kappa shape index (κ2) is 9.89. The first-order chi connectivity index (χ1) is 17.8. The molecule has 1 atom stereocenters. The van der Waals surface area contributed by atoms with Crippen molar-refractivity contribution in [3.63, 3.8) is 0 Å². The van der Waals surface area contributed by atoms with Crippen molar-refractivity contribution in [1.29, 1.82) is 0 Å². The third kappa shape index (κ3) is 4.55. The fraction of sp³-hybridized carbons (Fsp3) is 0.250. The maximum absolute atomic E-state index is 12.8. The summed E-state index contributed by atoms with van der Waals surface area (Å²) in [6.45, 7) is 5.72. The summed E-state index contributed by atoms with van der Waals surface area (Å²) >= 11 is 3.34. The molecule has 0 radical (unpaired) electrons. The molecule has 0 saturated heterocycles. The second-order valence-corrected chi connectivity index (χ2v) is 10.1. The molecule has 0 aliphatic heterocycles. The number of nitrogens with zero attached hydrogens (tertiary/aromatic N) is 4. The van der Waals surface area contributed by atoms with Crippen LogP contribution in [0.4, 0.5) is 0 Å². The molecule has 3 aromatic heterocycles. The van der Waals surface area contributed by atoms with E-state index in [1.54, 1.807) is 25.5 Å². The Kier molecular flexibility index (Phi) is 6.64. The number of rotatable bonds is 8. The maximum Gasteiger partial charge on any atom is 0.328 e. The van der Waals surface area contributed by atoms with Crippen LogP contribution in [0.1, 0.15) is 26.3 Å². The highest BCUT2D eigenvalue weighted by Gasteiger charge is 2.46. The molecular weight excluding hydrogens is 534 g/mol. The molecule has 188 valence electrons. The number of halogens is 1. The monoisotopic (exact) mass is 559 g/mol. The molecule has 1 aliphatic carbocycles. The van der Waals surface area contributed by atoms with E-state index in [-0.39, 0.29) is 18.4 Å². The molecule has 37 heavy (non-hydrogen) atoms. The van der Waals surface area contributed by atoms with Gasteiger partial charge in [0.15, 0.2) is 11.4 Å². The lowest BCUT2D eigenvalue weighted by Gasteiger charge is -2.38. The zero-order valence-corrected chi connectivity index (χ0v) is 22.3. The zero-order chi connectivity index (χ0) is 26.2. The Labute approximate surface area is 222 Å². The third-order valence-electron chi connectivity index (χ3n) is 6.47. The van der Waals surface area contributed by atoms with Gasteiger partial charge in [0, 0.05) is 42.0 Å². The quantitative estimate of drug-likeness (QED) is 0.310. The van der Waals surface area contributed by atoms with E-state index in [0.29, 0.717) is 16.6 Å². The van der Waals surface area contributed by atoms with Gasteiger partial charge < -0.3 is 10.1 Å². The highest BCUT2D eigenvalue weighted by molar-refractivity contribution is 9.12. The summed E-state index contributed by atoms with van der Waals surface area (Å²) in [5.74, 6) is 0.389. The van der Waals surface area contributed by atoms with Crippen molar-refractivity contribution < 1.29 is 14.3 Å². The van der Waals surface area contributed by atoms with Crippen LogP contribution < -0.4 is 5.32 Å². The number of Topliss-reactive ketones (excluding diaryl/α,β-unsaturated/α-hetero) is 1. The number of carbonyl (C=O) groups excluding carboxylic acids is 2. The van der Waals surface area contributed by atoms with Gasteiger partial charge in [-0.3, -0.25) is 14.3 Å². The highest BCUT2D eigenvalue weighted by atomic mass is 79.9. The molecule has 0 saturated carbocycles. The van der Waals surface area contributed by atoms with E-state index in [4.69, 9.17) is 9.72 Å². The smallest absolute Gasteiger partial charge is 0.328 e. The highest BCUT2D eigenvalue weighted by Crippen LogP contribution is 2.43. The van der Waals surface area contributed by atoms with Crippen molar-refractivity contribution in [2.45, 2.75) is 33.2 Å². The first-order valence-electron chi connectivity index (χ1n) is 12.0. The number of hydrogen-bond donors (Lipinski definition) is 1. The van der Waals surface area contributed by atoms with Crippen LogP contribution in [0.5, 0.6) is 0 Å². The number of fused-ring (bicyclic) bond motifs is 1. The minimum absolute atomic E-state index is 0.00699. The summed E-state index contributed by atoms with van der Waals surface area (Å²) < 4.78 is 7.80. The Hall–Kier alpha value is -3.85. The minimum atomic E-state index is -0.675. The molecule has 0 fully saturated rings. The van der Waals surface area contributed by atoms with Gasteiger partial charge in [-0.2, -0.15) is 0 Å². The fourth-order valence-corrected chi connectivity index (χ4v) is 5.54. The van der Waals surface area contributed by atoms with Crippen LogP contribution >= 0.6 is 15.9 Å². The summed E-state index contributed by atoms with van der Waals surface area (Å²) in [7, 11) is 0. The number of benzene rings is 1.